The molecular formula is C28H34N2O5. The van der Waals surface area contributed by atoms with E-state index in [-0.39, 0.29) is 18.6 Å². The van der Waals surface area contributed by atoms with Crippen LogP contribution >= 0.6 is 0 Å². The summed E-state index contributed by atoms with van der Waals surface area (Å²) in [6.07, 6.45) is 1.58. The zero-order valence-corrected chi connectivity index (χ0v) is 20.6. The molecule has 0 saturated heterocycles. The molecule has 0 bridgehead atoms. The smallest absolute Gasteiger partial charge is 0.407 e. The molecule has 35 heavy (non-hydrogen) atoms. The molecule has 3 atom stereocenters. The van der Waals surface area contributed by atoms with Gasteiger partial charge in [-0.3, -0.25) is 9.59 Å². The van der Waals surface area contributed by atoms with E-state index >= 15 is 0 Å². The van der Waals surface area contributed by atoms with Crippen LogP contribution in [0.4, 0.5) is 4.79 Å². The van der Waals surface area contributed by atoms with Gasteiger partial charge in [-0.25, -0.2) is 4.79 Å². The second kappa shape index (κ2) is 10.5. The highest BCUT2D eigenvalue weighted by Crippen LogP contribution is 2.44. The molecule has 2 N–H and O–H groups in total. The summed E-state index contributed by atoms with van der Waals surface area (Å²) < 4.78 is 5.55. The van der Waals surface area contributed by atoms with Crippen LogP contribution in [0.3, 0.4) is 0 Å². The van der Waals surface area contributed by atoms with Gasteiger partial charge in [-0.1, -0.05) is 62.4 Å². The van der Waals surface area contributed by atoms with Gasteiger partial charge in [0.2, 0.25) is 5.91 Å². The lowest BCUT2D eigenvalue weighted by atomic mass is 9.80. The van der Waals surface area contributed by atoms with Gasteiger partial charge < -0.3 is 20.1 Å². The number of carboxylic acids is 1. The number of carboxylic acid groups (broad SMARTS) is 1. The van der Waals surface area contributed by atoms with E-state index in [2.05, 4.69) is 31.3 Å². The normalized spacial score (nSPS) is 22.0. The topological polar surface area (TPSA) is 95.9 Å². The molecule has 0 heterocycles. The Labute approximate surface area is 206 Å². The Morgan fingerprint density at radius 2 is 1.51 bits per heavy atom. The van der Waals surface area contributed by atoms with Gasteiger partial charge in [0.1, 0.15) is 12.6 Å². The van der Waals surface area contributed by atoms with Crippen LogP contribution in [0.25, 0.3) is 11.1 Å². The van der Waals surface area contributed by atoms with Crippen molar-refractivity contribution in [2.75, 3.05) is 13.7 Å². The molecule has 0 aliphatic heterocycles. The number of fused-ring (bicyclic) bond motifs is 3. The standard InChI is InChI=1S/C28H34N2O5/c1-17-12-18(2)14-19(13-17)30(3)27(33)25(15-26(31)32)29-28(34)35-16-24-22-10-6-4-8-20(22)21-9-5-7-11-23(21)24/h4-11,17-19,24-25H,12-16H2,1-3H3,(H,29,34)(H,31,32). The van der Waals surface area contributed by atoms with Gasteiger partial charge >= 0.3 is 12.1 Å². The summed E-state index contributed by atoms with van der Waals surface area (Å²) in [4.78, 5) is 39.0. The molecule has 0 radical (unpaired) electrons. The highest BCUT2D eigenvalue weighted by molar-refractivity contribution is 5.89. The second-order valence-corrected chi connectivity index (χ2v) is 10.1. The average Bonchev–Trinajstić information content (AvgIpc) is 3.14. The lowest BCUT2D eigenvalue weighted by Crippen LogP contribution is -2.52. The molecule has 2 amide bonds. The van der Waals surface area contributed by atoms with Gasteiger partial charge in [0.15, 0.2) is 0 Å². The highest BCUT2D eigenvalue weighted by Gasteiger charge is 2.34. The molecular weight excluding hydrogens is 444 g/mol. The molecule has 2 aromatic rings. The van der Waals surface area contributed by atoms with Crippen molar-refractivity contribution in [1.82, 2.24) is 10.2 Å². The van der Waals surface area contributed by atoms with Crippen LogP contribution in [0, 0.1) is 11.8 Å². The molecule has 186 valence electrons. The average molecular weight is 479 g/mol. The van der Waals surface area contributed by atoms with Gasteiger partial charge in [0.05, 0.1) is 6.42 Å². The minimum absolute atomic E-state index is 0.0295. The first-order valence-electron chi connectivity index (χ1n) is 12.3. The number of nitrogens with one attached hydrogen (secondary N) is 1. The van der Waals surface area contributed by atoms with E-state index in [9.17, 15) is 19.5 Å². The number of hydrogen-bond acceptors (Lipinski definition) is 4. The summed E-state index contributed by atoms with van der Waals surface area (Å²) in [5.74, 6) is -0.679. The maximum Gasteiger partial charge on any atom is 0.407 e. The fourth-order valence-electron chi connectivity index (χ4n) is 5.80. The van der Waals surface area contributed by atoms with Crippen molar-refractivity contribution in [2.45, 2.75) is 57.5 Å². The van der Waals surface area contributed by atoms with Crippen molar-refractivity contribution in [2.24, 2.45) is 11.8 Å². The number of alkyl carbamates (subject to hydrolysis) is 1. The fraction of sp³-hybridized carbons (Fsp3) is 0.464. The third-order valence-corrected chi connectivity index (χ3v) is 7.36. The number of aliphatic carboxylic acids is 1. The Morgan fingerprint density at radius 3 is 2.06 bits per heavy atom. The Bertz CT molecular complexity index is 1040. The lowest BCUT2D eigenvalue weighted by Gasteiger charge is -2.38. The van der Waals surface area contributed by atoms with E-state index in [1.54, 1.807) is 11.9 Å². The number of ether oxygens (including phenoxy) is 1. The number of carbonyl (C=O) groups is 3. The first kappa shape index (κ1) is 24.8. The first-order chi connectivity index (χ1) is 16.7. The predicted molar refractivity (Wildman–Crippen MR) is 133 cm³/mol. The second-order valence-electron chi connectivity index (χ2n) is 10.1. The molecule has 7 heteroatoms. The van der Waals surface area contributed by atoms with Gasteiger partial charge in [-0.15, -0.1) is 0 Å². The van der Waals surface area contributed by atoms with E-state index in [4.69, 9.17) is 4.74 Å². The van der Waals surface area contributed by atoms with Crippen LogP contribution in [0.15, 0.2) is 48.5 Å². The summed E-state index contributed by atoms with van der Waals surface area (Å²) in [6, 6.07) is 14.9. The molecule has 1 fully saturated rings. The summed E-state index contributed by atoms with van der Waals surface area (Å²) in [5.41, 5.74) is 4.40. The zero-order chi connectivity index (χ0) is 25.1. The minimum atomic E-state index is -1.18. The van der Waals surface area contributed by atoms with Crippen LogP contribution in [-0.2, 0) is 14.3 Å². The van der Waals surface area contributed by atoms with E-state index in [0.29, 0.717) is 11.8 Å². The van der Waals surface area contributed by atoms with Crippen molar-refractivity contribution in [3.05, 3.63) is 59.7 Å². The Hall–Kier alpha value is -3.35. The van der Waals surface area contributed by atoms with Crippen LogP contribution < -0.4 is 5.32 Å². The molecule has 2 aromatic carbocycles. The predicted octanol–water partition coefficient (Wildman–Crippen LogP) is 4.65. The van der Waals surface area contributed by atoms with Crippen LogP contribution in [0.1, 0.15) is 56.6 Å². The van der Waals surface area contributed by atoms with Crippen LogP contribution in [0.2, 0.25) is 0 Å². The molecule has 2 aliphatic carbocycles. The Morgan fingerprint density at radius 1 is 0.971 bits per heavy atom. The maximum atomic E-state index is 13.2. The summed E-state index contributed by atoms with van der Waals surface area (Å²) >= 11 is 0. The molecule has 7 nitrogen and oxygen atoms in total. The Balaban J connectivity index is 1.42. The number of nitrogens with zero attached hydrogens (tertiary/aromatic N) is 1. The number of benzene rings is 2. The minimum Gasteiger partial charge on any atom is -0.481 e. The third-order valence-electron chi connectivity index (χ3n) is 7.36. The third kappa shape index (κ3) is 5.50. The SMILES string of the molecule is CC1CC(C)CC(N(C)C(=O)C(CC(=O)O)NC(=O)OCC2c3ccccc3-c3ccccc32)C1. The first-order valence-corrected chi connectivity index (χ1v) is 12.3. The van der Waals surface area contributed by atoms with E-state index in [0.717, 1.165) is 41.5 Å². The number of rotatable bonds is 7. The number of hydrogen-bond donors (Lipinski definition) is 2. The molecule has 1 saturated carbocycles. The summed E-state index contributed by atoms with van der Waals surface area (Å²) in [7, 11) is 1.70. The number of carbonyl (C=O) groups excluding carboxylic acids is 2. The van der Waals surface area contributed by atoms with Crippen LogP contribution in [0.5, 0.6) is 0 Å². The van der Waals surface area contributed by atoms with Crippen molar-refractivity contribution in [3.63, 3.8) is 0 Å². The largest absolute Gasteiger partial charge is 0.481 e. The van der Waals surface area contributed by atoms with Gasteiger partial charge in [-0.05, 0) is 53.4 Å². The fourth-order valence-corrected chi connectivity index (χ4v) is 5.80. The van der Waals surface area contributed by atoms with Gasteiger partial charge in [0.25, 0.3) is 0 Å². The summed E-state index contributed by atoms with van der Waals surface area (Å²) in [5, 5.41) is 11.9. The van der Waals surface area contributed by atoms with E-state index in [1.165, 1.54) is 0 Å². The quantitative estimate of drug-likeness (QED) is 0.604. The molecule has 4 rings (SSSR count). The van der Waals surface area contributed by atoms with Crippen molar-refractivity contribution < 1.29 is 24.2 Å². The van der Waals surface area contributed by atoms with E-state index in [1.807, 2.05) is 36.4 Å². The molecule has 3 unspecified atom stereocenters. The maximum absolute atomic E-state index is 13.2. The summed E-state index contributed by atoms with van der Waals surface area (Å²) in [6.45, 7) is 4.44. The number of amides is 2. The zero-order valence-electron chi connectivity index (χ0n) is 20.6. The van der Waals surface area contributed by atoms with Crippen molar-refractivity contribution in [3.8, 4) is 11.1 Å². The van der Waals surface area contributed by atoms with Gasteiger partial charge in [-0.2, -0.15) is 0 Å². The van der Waals surface area contributed by atoms with Crippen LogP contribution in [-0.4, -0.2) is 53.7 Å². The molecule has 0 spiro atoms. The van der Waals surface area contributed by atoms with Gasteiger partial charge in [0, 0.05) is 19.0 Å². The number of likely N-dealkylation sites (N-methyl/N-ethyl adjacent to an activating group) is 1. The molecule has 2 aliphatic rings. The van der Waals surface area contributed by atoms with E-state index < -0.39 is 30.4 Å². The molecule has 0 aromatic heterocycles. The highest BCUT2D eigenvalue weighted by atomic mass is 16.5. The van der Waals surface area contributed by atoms with Crippen molar-refractivity contribution >= 4 is 18.0 Å². The Kier molecular flexibility index (Phi) is 7.43. The monoisotopic (exact) mass is 478 g/mol. The van der Waals surface area contributed by atoms with Crippen molar-refractivity contribution in [1.29, 1.82) is 0 Å². The lowest BCUT2D eigenvalue weighted by molar-refractivity contribution is -0.143.